The number of rotatable bonds is 3. The molecule has 0 amide bonds. The molecule has 4 heteroatoms. The summed E-state index contributed by atoms with van der Waals surface area (Å²) in [5, 5.41) is 12.0. The Morgan fingerprint density at radius 1 is 1.40 bits per heavy atom. The van der Waals surface area contributed by atoms with E-state index in [4.69, 9.17) is 0 Å². The lowest BCUT2D eigenvalue weighted by atomic mass is 9.83. The Morgan fingerprint density at radius 2 is 2.15 bits per heavy atom. The van der Waals surface area contributed by atoms with Gasteiger partial charge in [0.25, 0.3) is 0 Å². The molecular weight excluding hydrogens is 248 g/mol. The molecule has 1 N–H and O–H groups in total. The highest BCUT2D eigenvalue weighted by Gasteiger charge is 2.35. The highest BCUT2D eigenvalue weighted by Crippen LogP contribution is 2.26. The summed E-state index contributed by atoms with van der Waals surface area (Å²) in [4.78, 5) is 2.57. The van der Waals surface area contributed by atoms with Crippen LogP contribution in [0.1, 0.15) is 40.3 Å². The predicted molar refractivity (Wildman–Crippen MR) is 82.3 cm³/mol. The zero-order chi connectivity index (χ0) is 14.8. The van der Waals surface area contributed by atoms with Crippen molar-refractivity contribution in [3.63, 3.8) is 0 Å². The van der Waals surface area contributed by atoms with Gasteiger partial charge in [-0.2, -0.15) is 10.2 Å². The molecule has 1 fully saturated rings. The lowest BCUT2D eigenvalue weighted by molar-refractivity contribution is 0.0561. The van der Waals surface area contributed by atoms with E-state index in [0.29, 0.717) is 18.0 Å². The molecule has 1 aromatic heterocycles. The molecule has 4 nitrogen and oxygen atoms in total. The number of hydrogen-bond donors (Lipinski definition) is 1. The third-order valence-corrected chi connectivity index (χ3v) is 4.27. The zero-order valence-corrected chi connectivity index (χ0v) is 13.4. The van der Waals surface area contributed by atoms with Gasteiger partial charge in [-0.3, -0.25) is 4.90 Å². The fraction of sp³-hybridized carbons (Fsp3) is 0.750. The molecule has 1 saturated heterocycles. The molecule has 0 bridgehead atoms. The van der Waals surface area contributed by atoms with Gasteiger partial charge in [-0.15, -0.1) is 0 Å². The van der Waals surface area contributed by atoms with Crippen LogP contribution in [-0.2, 0) is 6.54 Å². The number of nitrogens with zero attached hydrogens (tertiary/aromatic N) is 3. The van der Waals surface area contributed by atoms with Crippen LogP contribution in [0.5, 0.6) is 0 Å². The van der Waals surface area contributed by atoms with E-state index < -0.39 is 0 Å². The van der Waals surface area contributed by atoms with E-state index in [1.165, 1.54) is 0 Å². The van der Waals surface area contributed by atoms with Gasteiger partial charge in [0.05, 0.1) is 5.69 Å². The molecule has 0 aromatic carbocycles. The Bertz CT molecular complexity index is 410. The van der Waals surface area contributed by atoms with Crippen molar-refractivity contribution >= 4 is 0 Å². The second kappa shape index (κ2) is 6.19. The van der Waals surface area contributed by atoms with Gasteiger partial charge in [-0.05, 0) is 23.5 Å². The molecular formula is C16H28N4. The summed E-state index contributed by atoms with van der Waals surface area (Å²) in [6, 6.07) is 5.12. The molecule has 2 atom stereocenters. The van der Waals surface area contributed by atoms with Crippen molar-refractivity contribution < 1.29 is 0 Å². The van der Waals surface area contributed by atoms with E-state index in [2.05, 4.69) is 61.1 Å². The first-order chi connectivity index (χ1) is 9.38. The summed E-state index contributed by atoms with van der Waals surface area (Å²) in [5.41, 5.74) is 1.34. The normalized spacial score (nSPS) is 25.1. The van der Waals surface area contributed by atoms with Gasteiger partial charge in [-0.1, -0.05) is 34.6 Å². The maximum Gasteiger partial charge on any atom is 0.0771 e. The first-order valence-electron chi connectivity index (χ1n) is 7.62. The smallest absolute Gasteiger partial charge is 0.0771 e. The first kappa shape index (κ1) is 15.4. The van der Waals surface area contributed by atoms with Gasteiger partial charge in [0.2, 0.25) is 0 Å². The second-order valence-electron chi connectivity index (χ2n) is 7.28. The van der Waals surface area contributed by atoms with Crippen LogP contribution < -0.4 is 5.32 Å². The predicted octanol–water partition coefficient (Wildman–Crippen LogP) is 2.32. The van der Waals surface area contributed by atoms with Crippen molar-refractivity contribution in [2.75, 3.05) is 13.1 Å². The largest absolute Gasteiger partial charge is 0.311 e. The zero-order valence-electron chi connectivity index (χ0n) is 13.4. The monoisotopic (exact) mass is 276 g/mol. The van der Waals surface area contributed by atoms with E-state index in [9.17, 15) is 0 Å². The second-order valence-corrected chi connectivity index (χ2v) is 7.28. The van der Waals surface area contributed by atoms with Gasteiger partial charge < -0.3 is 5.32 Å². The minimum absolute atomic E-state index is 0.280. The molecule has 0 radical (unpaired) electrons. The van der Waals surface area contributed by atoms with E-state index in [1.807, 2.05) is 6.07 Å². The van der Waals surface area contributed by atoms with Crippen molar-refractivity contribution in [1.29, 1.82) is 0 Å². The van der Waals surface area contributed by atoms with Crippen LogP contribution in [0.2, 0.25) is 0 Å². The highest BCUT2D eigenvalue weighted by atomic mass is 15.3. The molecule has 1 aliphatic heterocycles. The van der Waals surface area contributed by atoms with Gasteiger partial charge in [0.1, 0.15) is 0 Å². The van der Waals surface area contributed by atoms with Gasteiger partial charge >= 0.3 is 0 Å². The summed E-state index contributed by atoms with van der Waals surface area (Å²) in [5.74, 6) is 0.639. The molecule has 20 heavy (non-hydrogen) atoms. The number of aromatic nitrogens is 2. The Labute approximate surface area is 123 Å². The summed E-state index contributed by atoms with van der Waals surface area (Å²) in [6.45, 7) is 14.5. The third kappa shape index (κ3) is 3.76. The van der Waals surface area contributed by atoms with Crippen molar-refractivity contribution in [1.82, 2.24) is 20.4 Å². The van der Waals surface area contributed by atoms with Gasteiger partial charge in [0, 0.05) is 37.9 Å². The van der Waals surface area contributed by atoms with Crippen molar-refractivity contribution in [3.8, 4) is 0 Å². The quantitative estimate of drug-likeness (QED) is 0.920. The molecule has 1 aliphatic rings. The Hall–Kier alpha value is -1.00. The SMILES string of the molecule is CC(C)C1CNC(C(C)(C)C)CN1Cc1cccnn1. The number of nitrogens with one attached hydrogen (secondary N) is 1. The van der Waals surface area contributed by atoms with Crippen molar-refractivity contribution in [2.45, 2.75) is 53.2 Å². The van der Waals surface area contributed by atoms with E-state index >= 15 is 0 Å². The minimum atomic E-state index is 0.280. The summed E-state index contributed by atoms with van der Waals surface area (Å²) >= 11 is 0. The fourth-order valence-electron chi connectivity index (χ4n) is 2.87. The topological polar surface area (TPSA) is 41.0 Å². The summed E-state index contributed by atoms with van der Waals surface area (Å²) in [6.07, 6.45) is 1.74. The average Bonchev–Trinajstić information content (AvgIpc) is 2.38. The minimum Gasteiger partial charge on any atom is -0.311 e. The van der Waals surface area contributed by atoms with Gasteiger partial charge in [-0.25, -0.2) is 0 Å². The molecule has 0 saturated carbocycles. The van der Waals surface area contributed by atoms with E-state index in [-0.39, 0.29) is 5.41 Å². The molecule has 2 rings (SSSR count). The standard InChI is InChI=1S/C16H28N4/c1-12(2)14-9-17-15(16(3,4)5)11-20(14)10-13-7-6-8-18-19-13/h6-8,12,14-15,17H,9-11H2,1-5H3. The van der Waals surface area contributed by atoms with Crippen LogP contribution in [-0.4, -0.2) is 40.3 Å². The van der Waals surface area contributed by atoms with Crippen LogP contribution in [0, 0.1) is 11.3 Å². The van der Waals surface area contributed by atoms with E-state index in [1.54, 1.807) is 6.20 Å². The summed E-state index contributed by atoms with van der Waals surface area (Å²) < 4.78 is 0. The molecule has 1 aromatic rings. The van der Waals surface area contributed by atoms with Gasteiger partial charge in [0.15, 0.2) is 0 Å². The lowest BCUT2D eigenvalue weighted by Gasteiger charge is -2.46. The molecule has 112 valence electrons. The van der Waals surface area contributed by atoms with Crippen LogP contribution in [0.15, 0.2) is 18.3 Å². The maximum absolute atomic E-state index is 4.24. The molecule has 2 unspecified atom stereocenters. The molecule has 0 spiro atoms. The van der Waals surface area contributed by atoms with Crippen molar-refractivity contribution in [2.24, 2.45) is 11.3 Å². The van der Waals surface area contributed by atoms with Crippen molar-refractivity contribution in [3.05, 3.63) is 24.0 Å². The Kier molecular flexibility index (Phi) is 4.76. The highest BCUT2D eigenvalue weighted by molar-refractivity contribution is 5.02. The molecule has 0 aliphatic carbocycles. The average molecular weight is 276 g/mol. The lowest BCUT2D eigenvalue weighted by Crippen LogP contribution is -2.61. The summed E-state index contributed by atoms with van der Waals surface area (Å²) in [7, 11) is 0. The molecule has 2 heterocycles. The van der Waals surface area contributed by atoms with Crippen LogP contribution >= 0.6 is 0 Å². The Balaban J connectivity index is 2.11. The fourth-order valence-corrected chi connectivity index (χ4v) is 2.87. The van der Waals surface area contributed by atoms with Crippen LogP contribution in [0.25, 0.3) is 0 Å². The maximum atomic E-state index is 4.24. The number of piperazine rings is 1. The van der Waals surface area contributed by atoms with Crippen LogP contribution in [0.4, 0.5) is 0 Å². The third-order valence-electron chi connectivity index (χ3n) is 4.27. The van der Waals surface area contributed by atoms with Crippen LogP contribution in [0.3, 0.4) is 0 Å². The first-order valence-corrected chi connectivity index (χ1v) is 7.62. The number of hydrogen-bond acceptors (Lipinski definition) is 4. The van der Waals surface area contributed by atoms with E-state index in [0.717, 1.165) is 25.3 Å². The Morgan fingerprint density at radius 3 is 2.70 bits per heavy atom.